The highest BCUT2D eigenvalue weighted by molar-refractivity contribution is 5.97. The summed E-state index contributed by atoms with van der Waals surface area (Å²) < 4.78 is 11.5. The van der Waals surface area contributed by atoms with Gasteiger partial charge in [-0.15, -0.1) is 0 Å². The van der Waals surface area contributed by atoms with Crippen molar-refractivity contribution in [1.82, 2.24) is 0 Å². The second kappa shape index (κ2) is 2.86. The monoisotopic (exact) mass is 218 g/mol. The van der Waals surface area contributed by atoms with E-state index in [1.54, 1.807) is 13.0 Å². The Morgan fingerprint density at radius 3 is 2.81 bits per heavy atom. The van der Waals surface area contributed by atoms with Gasteiger partial charge in [-0.05, 0) is 26.8 Å². The molecule has 2 atom stereocenters. The smallest absolute Gasteiger partial charge is 0.163 e. The third-order valence-electron chi connectivity index (χ3n) is 3.27. The van der Waals surface area contributed by atoms with Crippen molar-refractivity contribution in [2.75, 3.05) is 0 Å². The maximum atomic E-state index is 11.5. The number of fused-ring (bicyclic) bond motifs is 3. The highest BCUT2D eigenvalue weighted by atomic mass is 16.6. The van der Waals surface area contributed by atoms with Gasteiger partial charge in [0.05, 0.1) is 5.56 Å². The van der Waals surface area contributed by atoms with Crippen molar-refractivity contribution in [2.24, 2.45) is 0 Å². The van der Waals surface area contributed by atoms with Gasteiger partial charge in [-0.3, -0.25) is 4.79 Å². The van der Waals surface area contributed by atoms with Crippen molar-refractivity contribution in [3.63, 3.8) is 0 Å². The molecule has 1 aromatic carbocycles. The van der Waals surface area contributed by atoms with E-state index in [0.29, 0.717) is 11.3 Å². The lowest BCUT2D eigenvalue weighted by Crippen LogP contribution is -2.38. The molecule has 1 aromatic rings. The van der Waals surface area contributed by atoms with Gasteiger partial charge in [-0.1, -0.05) is 12.1 Å². The molecule has 0 bridgehead atoms. The summed E-state index contributed by atoms with van der Waals surface area (Å²) in [5.41, 5.74) is 1.32. The zero-order chi connectivity index (χ0) is 11.5. The summed E-state index contributed by atoms with van der Waals surface area (Å²) in [7, 11) is 0. The Hall–Kier alpha value is -1.35. The molecule has 3 heteroatoms. The second-order valence-corrected chi connectivity index (χ2v) is 4.96. The molecule has 0 saturated carbocycles. The standard InChI is InChI=1S/C13H14O3/c1-7(14)8-5-4-6-9-10(8)16-13(2,3)12-11(9)15-12/h4-6,11-12H,1-3H3. The number of Topliss-reactive ketones (excluding diaryl/α,β-unsaturated/α-hetero) is 1. The Morgan fingerprint density at radius 1 is 1.38 bits per heavy atom. The Morgan fingerprint density at radius 2 is 2.12 bits per heavy atom. The van der Waals surface area contributed by atoms with E-state index >= 15 is 0 Å². The highest BCUT2D eigenvalue weighted by Crippen LogP contribution is 2.54. The van der Waals surface area contributed by atoms with Gasteiger partial charge >= 0.3 is 0 Å². The van der Waals surface area contributed by atoms with Crippen molar-refractivity contribution in [1.29, 1.82) is 0 Å². The van der Waals surface area contributed by atoms with E-state index in [0.717, 1.165) is 5.56 Å². The summed E-state index contributed by atoms with van der Waals surface area (Å²) in [6, 6.07) is 5.66. The lowest BCUT2D eigenvalue weighted by Gasteiger charge is -2.30. The predicted molar refractivity (Wildman–Crippen MR) is 58.8 cm³/mol. The van der Waals surface area contributed by atoms with Crippen LogP contribution in [0.1, 0.15) is 42.8 Å². The summed E-state index contributed by atoms with van der Waals surface area (Å²) in [6.45, 7) is 5.56. The van der Waals surface area contributed by atoms with Crippen LogP contribution in [0.15, 0.2) is 18.2 Å². The summed E-state index contributed by atoms with van der Waals surface area (Å²) in [4.78, 5) is 11.5. The lowest BCUT2D eigenvalue weighted by atomic mass is 9.92. The number of rotatable bonds is 1. The average Bonchev–Trinajstić information content (AvgIpc) is 2.96. The molecule has 0 N–H and O–H groups in total. The fourth-order valence-corrected chi connectivity index (χ4v) is 2.37. The highest BCUT2D eigenvalue weighted by Gasteiger charge is 2.57. The number of ether oxygens (including phenoxy) is 2. The largest absolute Gasteiger partial charge is 0.484 e. The first kappa shape index (κ1) is 9.85. The van der Waals surface area contributed by atoms with E-state index in [4.69, 9.17) is 9.47 Å². The van der Waals surface area contributed by atoms with E-state index in [1.807, 2.05) is 26.0 Å². The number of hydrogen-bond donors (Lipinski definition) is 0. The van der Waals surface area contributed by atoms with Gasteiger partial charge in [0.2, 0.25) is 0 Å². The molecular formula is C13H14O3. The molecule has 2 aliphatic rings. The average molecular weight is 218 g/mol. The minimum Gasteiger partial charge on any atom is -0.484 e. The molecule has 2 unspecified atom stereocenters. The van der Waals surface area contributed by atoms with Gasteiger partial charge < -0.3 is 9.47 Å². The molecule has 1 fully saturated rings. The lowest BCUT2D eigenvalue weighted by molar-refractivity contribution is 0.0704. The molecule has 84 valence electrons. The van der Waals surface area contributed by atoms with Crippen LogP contribution < -0.4 is 4.74 Å². The number of epoxide rings is 1. The summed E-state index contributed by atoms with van der Waals surface area (Å²) in [6.07, 6.45) is 0.236. The third-order valence-corrected chi connectivity index (χ3v) is 3.27. The van der Waals surface area contributed by atoms with Gasteiger partial charge in [0, 0.05) is 5.56 Å². The molecule has 2 heterocycles. The molecule has 1 saturated heterocycles. The van der Waals surface area contributed by atoms with Gasteiger partial charge in [0.15, 0.2) is 5.78 Å². The molecule has 0 spiro atoms. The number of carbonyl (C=O) groups is 1. The van der Waals surface area contributed by atoms with Crippen molar-refractivity contribution in [2.45, 2.75) is 38.6 Å². The van der Waals surface area contributed by atoms with Crippen LogP contribution in [-0.4, -0.2) is 17.5 Å². The van der Waals surface area contributed by atoms with Gasteiger partial charge in [-0.25, -0.2) is 0 Å². The van der Waals surface area contributed by atoms with Crippen LogP contribution in [0.4, 0.5) is 0 Å². The first-order valence-electron chi connectivity index (χ1n) is 5.49. The Kier molecular flexibility index (Phi) is 1.76. The van der Waals surface area contributed by atoms with E-state index in [-0.39, 0.29) is 23.6 Å². The summed E-state index contributed by atoms with van der Waals surface area (Å²) in [5.74, 6) is 0.741. The first-order chi connectivity index (χ1) is 7.50. The van der Waals surface area contributed by atoms with Crippen LogP contribution in [0.25, 0.3) is 0 Å². The maximum Gasteiger partial charge on any atom is 0.163 e. The normalized spacial score (nSPS) is 28.7. The fraction of sp³-hybridized carbons (Fsp3) is 0.462. The Balaban J connectivity index is 2.16. The molecule has 0 aliphatic carbocycles. The second-order valence-electron chi connectivity index (χ2n) is 4.96. The van der Waals surface area contributed by atoms with Crippen LogP contribution in [0.5, 0.6) is 5.75 Å². The molecular weight excluding hydrogens is 204 g/mol. The predicted octanol–water partition coefficient (Wildman–Crippen LogP) is 2.50. The van der Waals surface area contributed by atoms with Gasteiger partial charge in [-0.2, -0.15) is 0 Å². The number of ketones is 1. The summed E-state index contributed by atoms with van der Waals surface area (Å²) in [5, 5.41) is 0. The molecule has 16 heavy (non-hydrogen) atoms. The topological polar surface area (TPSA) is 38.8 Å². The molecule has 0 aromatic heterocycles. The molecule has 3 nitrogen and oxygen atoms in total. The Bertz CT molecular complexity index is 476. The fourth-order valence-electron chi connectivity index (χ4n) is 2.37. The molecule has 2 aliphatic heterocycles. The van der Waals surface area contributed by atoms with Crippen molar-refractivity contribution in [3.8, 4) is 5.75 Å². The number of benzene rings is 1. The SMILES string of the molecule is CC(=O)c1cccc2c1OC(C)(C)C1OC21. The summed E-state index contributed by atoms with van der Waals surface area (Å²) >= 11 is 0. The zero-order valence-electron chi connectivity index (χ0n) is 9.61. The first-order valence-corrected chi connectivity index (χ1v) is 5.49. The van der Waals surface area contributed by atoms with Crippen LogP contribution in [-0.2, 0) is 4.74 Å². The molecule has 3 rings (SSSR count). The number of hydrogen-bond acceptors (Lipinski definition) is 3. The minimum atomic E-state index is -0.344. The van der Waals surface area contributed by atoms with Crippen molar-refractivity contribution < 1.29 is 14.3 Å². The number of para-hydroxylation sites is 1. The Labute approximate surface area is 94.4 Å². The minimum absolute atomic E-state index is 0.0340. The van der Waals surface area contributed by atoms with Gasteiger partial charge in [0.1, 0.15) is 23.6 Å². The van der Waals surface area contributed by atoms with Crippen LogP contribution in [0.3, 0.4) is 0 Å². The maximum absolute atomic E-state index is 11.5. The number of carbonyl (C=O) groups excluding carboxylic acids is 1. The van der Waals surface area contributed by atoms with Gasteiger partial charge in [0.25, 0.3) is 0 Å². The van der Waals surface area contributed by atoms with E-state index in [2.05, 4.69) is 0 Å². The molecule has 0 radical (unpaired) electrons. The van der Waals surface area contributed by atoms with Crippen LogP contribution in [0.2, 0.25) is 0 Å². The van der Waals surface area contributed by atoms with Crippen LogP contribution >= 0.6 is 0 Å². The van der Waals surface area contributed by atoms with Crippen LogP contribution in [0, 0.1) is 0 Å². The third kappa shape index (κ3) is 1.21. The van der Waals surface area contributed by atoms with E-state index in [1.165, 1.54) is 0 Å². The molecule has 0 amide bonds. The van der Waals surface area contributed by atoms with E-state index < -0.39 is 0 Å². The van der Waals surface area contributed by atoms with Crippen molar-refractivity contribution in [3.05, 3.63) is 29.3 Å². The zero-order valence-corrected chi connectivity index (χ0v) is 9.61. The van der Waals surface area contributed by atoms with Crippen molar-refractivity contribution >= 4 is 5.78 Å². The van der Waals surface area contributed by atoms with E-state index in [9.17, 15) is 4.79 Å². The quantitative estimate of drug-likeness (QED) is 0.537.